The summed E-state index contributed by atoms with van der Waals surface area (Å²) in [6.07, 6.45) is -0.944. The number of para-hydroxylation sites is 2. The maximum atomic E-state index is 13.1. The van der Waals surface area contributed by atoms with Gasteiger partial charge in [0.25, 0.3) is 6.01 Å². The molecule has 2 atom stereocenters. The highest BCUT2D eigenvalue weighted by molar-refractivity contribution is 5.78. The molecule has 0 bridgehead atoms. The highest BCUT2D eigenvalue weighted by atomic mass is 16.6. The van der Waals surface area contributed by atoms with Gasteiger partial charge in [0.15, 0.2) is 5.58 Å². The Balaban J connectivity index is 1.77. The average Bonchev–Trinajstić information content (AvgIpc) is 3.25. The van der Waals surface area contributed by atoms with Gasteiger partial charge in [-0.3, -0.25) is 0 Å². The maximum absolute atomic E-state index is 13.1. The normalized spacial score (nSPS) is 12.8. The first kappa shape index (κ1) is 21.4. The number of aromatic nitrogens is 1. The van der Waals surface area contributed by atoms with E-state index in [1.807, 2.05) is 97.7 Å². The molecular formula is C26H26N2O4. The highest BCUT2D eigenvalue weighted by Gasteiger charge is 2.37. The lowest BCUT2D eigenvalue weighted by Gasteiger charge is -2.33. The lowest BCUT2D eigenvalue weighted by molar-refractivity contribution is -0.152. The number of hydrogen-bond donors (Lipinski definition) is 0. The molecule has 0 spiro atoms. The van der Waals surface area contributed by atoms with Crippen molar-refractivity contribution < 1.29 is 18.7 Å². The molecule has 0 saturated heterocycles. The molecule has 4 rings (SSSR count). The molecule has 0 fully saturated rings. The van der Waals surface area contributed by atoms with Crippen LogP contribution in [0, 0.1) is 6.92 Å². The average molecular weight is 431 g/mol. The topological polar surface area (TPSA) is 64.8 Å². The summed E-state index contributed by atoms with van der Waals surface area (Å²) in [6, 6.07) is 24.7. The predicted molar refractivity (Wildman–Crippen MR) is 124 cm³/mol. The molecule has 0 radical (unpaired) electrons. The van der Waals surface area contributed by atoms with Gasteiger partial charge in [-0.1, -0.05) is 60.2 Å². The third-order valence-electron chi connectivity index (χ3n) is 5.23. The van der Waals surface area contributed by atoms with Crippen LogP contribution in [-0.2, 0) is 9.53 Å². The molecule has 0 aliphatic heterocycles. The molecule has 2 unspecified atom stereocenters. The van der Waals surface area contributed by atoms with Gasteiger partial charge in [0.05, 0.1) is 6.61 Å². The fraction of sp³-hybridized carbons (Fsp3) is 0.231. The number of benzene rings is 3. The number of nitrogens with zero attached hydrogens (tertiary/aromatic N) is 2. The van der Waals surface area contributed by atoms with Gasteiger partial charge >= 0.3 is 5.97 Å². The first-order chi connectivity index (χ1) is 15.6. The Kier molecular flexibility index (Phi) is 6.40. The van der Waals surface area contributed by atoms with Gasteiger partial charge in [-0.15, -0.1) is 0 Å². The van der Waals surface area contributed by atoms with E-state index in [-0.39, 0.29) is 6.61 Å². The first-order valence-electron chi connectivity index (χ1n) is 10.6. The van der Waals surface area contributed by atoms with Crippen LogP contribution in [0.15, 0.2) is 83.3 Å². The standard InChI is InChI=1S/C26H26N2O4/c1-4-30-25(29)24(31-20-16-14-18(2)15-17-20)23(19-10-6-5-7-11-19)28(3)26-27-21-12-8-9-13-22(21)32-26/h5-17,23-24H,4H2,1-3H3. The Labute approximate surface area is 187 Å². The van der Waals surface area contributed by atoms with Crippen LogP contribution in [0.3, 0.4) is 0 Å². The zero-order chi connectivity index (χ0) is 22.5. The second kappa shape index (κ2) is 9.56. The van der Waals surface area contributed by atoms with Gasteiger partial charge in [0.1, 0.15) is 17.3 Å². The number of likely N-dealkylation sites (N-methyl/N-ethyl adjacent to an activating group) is 1. The SMILES string of the molecule is CCOC(=O)C(Oc1ccc(C)cc1)C(c1ccccc1)N(C)c1nc2ccccc2o1. The number of carbonyl (C=O) groups is 1. The molecule has 0 amide bonds. The number of rotatable bonds is 8. The summed E-state index contributed by atoms with van der Waals surface area (Å²) in [6.45, 7) is 4.03. The van der Waals surface area contributed by atoms with Gasteiger partial charge in [-0.25, -0.2) is 4.79 Å². The van der Waals surface area contributed by atoms with Crippen LogP contribution in [0.1, 0.15) is 24.1 Å². The van der Waals surface area contributed by atoms with Gasteiger partial charge in [0.2, 0.25) is 6.10 Å². The molecule has 1 aromatic heterocycles. The van der Waals surface area contributed by atoms with Gasteiger partial charge in [-0.05, 0) is 43.7 Å². The number of oxazole rings is 1. The third kappa shape index (κ3) is 4.59. The number of fused-ring (bicyclic) bond motifs is 1. The van der Waals surface area contributed by atoms with E-state index >= 15 is 0 Å². The minimum absolute atomic E-state index is 0.251. The largest absolute Gasteiger partial charge is 0.476 e. The lowest BCUT2D eigenvalue weighted by atomic mass is 10.00. The van der Waals surface area contributed by atoms with Crippen molar-refractivity contribution in [3.63, 3.8) is 0 Å². The molecule has 0 aliphatic carbocycles. The zero-order valence-corrected chi connectivity index (χ0v) is 18.4. The number of anilines is 1. The molecule has 0 N–H and O–H groups in total. The van der Waals surface area contributed by atoms with Crippen LogP contribution in [0.2, 0.25) is 0 Å². The molecular weight excluding hydrogens is 404 g/mol. The van der Waals surface area contributed by atoms with Gasteiger partial charge in [-0.2, -0.15) is 4.98 Å². The number of hydrogen-bond acceptors (Lipinski definition) is 6. The van der Waals surface area contributed by atoms with Crippen LogP contribution in [-0.4, -0.2) is 30.7 Å². The van der Waals surface area contributed by atoms with E-state index in [9.17, 15) is 4.79 Å². The Morgan fingerprint density at radius 1 is 1.00 bits per heavy atom. The number of aryl methyl sites for hydroxylation is 1. The summed E-state index contributed by atoms with van der Waals surface area (Å²) >= 11 is 0. The van der Waals surface area contributed by atoms with Crippen molar-refractivity contribution in [3.05, 3.63) is 90.0 Å². The molecule has 4 aromatic rings. The molecule has 6 nitrogen and oxygen atoms in total. The predicted octanol–water partition coefficient (Wildman–Crippen LogP) is 5.32. The van der Waals surface area contributed by atoms with Crippen molar-refractivity contribution in [2.24, 2.45) is 0 Å². The molecule has 32 heavy (non-hydrogen) atoms. The van der Waals surface area contributed by atoms with E-state index in [4.69, 9.17) is 13.9 Å². The summed E-state index contributed by atoms with van der Waals surface area (Å²) in [5, 5.41) is 0. The highest BCUT2D eigenvalue weighted by Crippen LogP contribution is 2.33. The van der Waals surface area contributed by atoms with Crippen molar-refractivity contribution in [1.82, 2.24) is 4.98 Å². The summed E-state index contributed by atoms with van der Waals surface area (Å²) < 4.78 is 17.6. The first-order valence-corrected chi connectivity index (χ1v) is 10.6. The van der Waals surface area contributed by atoms with E-state index in [2.05, 4.69) is 4.98 Å². The van der Waals surface area contributed by atoms with Crippen LogP contribution < -0.4 is 9.64 Å². The lowest BCUT2D eigenvalue weighted by Crippen LogP contribution is -2.43. The number of esters is 1. The fourth-order valence-corrected chi connectivity index (χ4v) is 3.61. The van der Waals surface area contributed by atoms with Gasteiger partial charge in [0, 0.05) is 7.05 Å². The molecule has 0 aliphatic rings. The monoisotopic (exact) mass is 430 g/mol. The van der Waals surface area contributed by atoms with Crippen LogP contribution in [0.25, 0.3) is 11.1 Å². The van der Waals surface area contributed by atoms with Crippen molar-refractivity contribution in [2.45, 2.75) is 26.0 Å². The number of carbonyl (C=O) groups excluding carboxylic acids is 1. The van der Waals surface area contributed by atoms with Crippen molar-refractivity contribution >= 4 is 23.1 Å². The summed E-state index contributed by atoms with van der Waals surface area (Å²) in [5.41, 5.74) is 3.40. The molecule has 6 heteroatoms. The number of ether oxygens (including phenoxy) is 2. The van der Waals surface area contributed by atoms with Crippen molar-refractivity contribution in [1.29, 1.82) is 0 Å². The summed E-state index contributed by atoms with van der Waals surface area (Å²) in [4.78, 5) is 19.6. The van der Waals surface area contributed by atoms with Crippen LogP contribution in [0.5, 0.6) is 5.75 Å². The maximum Gasteiger partial charge on any atom is 0.349 e. The molecule has 3 aromatic carbocycles. The Bertz CT molecular complexity index is 1140. The van der Waals surface area contributed by atoms with E-state index in [0.29, 0.717) is 17.3 Å². The minimum atomic E-state index is -0.944. The van der Waals surface area contributed by atoms with Crippen LogP contribution in [0.4, 0.5) is 6.01 Å². The zero-order valence-electron chi connectivity index (χ0n) is 18.4. The van der Waals surface area contributed by atoms with E-state index < -0.39 is 18.1 Å². The summed E-state index contributed by atoms with van der Waals surface area (Å²) in [7, 11) is 1.84. The Hall–Kier alpha value is -3.80. The third-order valence-corrected chi connectivity index (χ3v) is 5.23. The smallest absolute Gasteiger partial charge is 0.349 e. The van der Waals surface area contributed by atoms with Crippen molar-refractivity contribution in [2.75, 3.05) is 18.6 Å². The van der Waals surface area contributed by atoms with E-state index in [1.165, 1.54) is 0 Å². The van der Waals surface area contributed by atoms with Crippen LogP contribution >= 0.6 is 0 Å². The van der Waals surface area contributed by atoms with Gasteiger partial charge < -0.3 is 18.8 Å². The van der Waals surface area contributed by atoms with Crippen molar-refractivity contribution in [3.8, 4) is 5.75 Å². The van der Waals surface area contributed by atoms with E-state index in [1.54, 1.807) is 6.92 Å². The van der Waals surface area contributed by atoms with E-state index in [0.717, 1.165) is 16.6 Å². The fourth-order valence-electron chi connectivity index (χ4n) is 3.61. The minimum Gasteiger partial charge on any atom is -0.476 e. The second-order valence-electron chi connectivity index (χ2n) is 7.53. The quantitative estimate of drug-likeness (QED) is 0.352. The molecule has 164 valence electrons. The Morgan fingerprint density at radius 3 is 2.38 bits per heavy atom. The Morgan fingerprint density at radius 2 is 1.69 bits per heavy atom. The molecule has 0 saturated carbocycles. The summed E-state index contributed by atoms with van der Waals surface area (Å²) in [5.74, 6) is 0.130. The second-order valence-corrected chi connectivity index (χ2v) is 7.53. The molecule has 1 heterocycles.